The van der Waals surface area contributed by atoms with E-state index in [4.69, 9.17) is 0 Å². The van der Waals surface area contributed by atoms with Gasteiger partial charge in [0.15, 0.2) is 11.6 Å². The topological polar surface area (TPSA) is 49.8 Å². The number of anilines is 2. The van der Waals surface area contributed by atoms with Gasteiger partial charge >= 0.3 is 0 Å². The Morgan fingerprint density at radius 1 is 1.42 bits per heavy atom. The third-order valence-corrected chi connectivity index (χ3v) is 3.90. The van der Waals surface area contributed by atoms with Crippen LogP contribution in [0.3, 0.4) is 0 Å². The molecule has 1 aliphatic rings. The van der Waals surface area contributed by atoms with E-state index < -0.39 is 0 Å². The first-order valence-corrected chi connectivity index (χ1v) is 7.06. The van der Waals surface area contributed by atoms with Crippen molar-refractivity contribution in [2.24, 2.45) is 5.41 Å². The molecular weight excluding hydrogens is 243 g/mol. The monoisotopic (exact) mass is 266 g/mol. The summed E-state index contributed by atoms with van der Waals surface area (Å²) in [6.45, 7) is 7.15. The molecule has 1 aromatic heterocycles. The van der Waals surface area contributed by atoms with Crippen LogP contribution in [0.2, 0.25) is 0 Å². The van der Waals surface area contributed by atoms with E-state index >= 15 is 0 Å². The Morgan fingerprint density at radius 3 is 2.89 bits per heavy atom. The zero-order valence-electron chi connectivity index (χ0n) is 12.0. The summed E-state index contributed by atoms with van der Waals surface area (Å²) in [5, 5.41) is 6.28. The molecule has 1 atom stereocenters. The molecule has 106 valence electrons. The first kappa shape index (κ1) is 14.0. The van der Waals surface area contributed by atoms with Crippen LogP contribution in [0.25, 0.3) is 0 Å². The van der Waals surface area contributed by atoms with E-state index in [0.717, 1.165) is 19.4 Å². The summed E-state index contributed by atoms with van der Waals surface area (Å²) in [6.07, 6.45) is 5.89. The van der Waals surface area contributed by atoms with Crippen LogP contribution < -0.4 is 10.6 Å². The fourth-order valence-electron chi connectivity index (χ4n) is 2.64. The molecule has 19 heavy (non-hydrogen) atoms. The van der Waals surface area contributed by atoms with Crippen molar-refractivity contribution in [3.63, 3.8) is 0 Å². The molecule has 0 aromatic carbocycles. The van der Waals surface area contributed by atoms with Gasteiger partial charge in [-0.2, -0.15) is 4.98 Å². The van der Waals surface area contributed by atoms with Gasteiger partial charge in [-0.25, -0.2) is 9.37 Å². The Hall–Kier alpha value is -1.39. The highest BCUT2D eigenvalue weighted by molar-refractivity contribution is 5.42. The number of halogens is 1. The van der Waals surface area contributed by atoms with Gasteiger partial charge in [0.25, 0.3) is 0 Å². The normalized spacial score (nSPS) is 22.0. The lowest BCUT2D eigenvalue weighted by molar-refractivity contribution is 0.216. The van der Waals surface area contributed by atoms with E-state index in [1.54, 1.807) is 0 Å². The largest absolute Gasteiger partial charge is 0.364 e. The Balaban J connectivity index is 2.15. The van der Waals surface area contributed by atoms with Crippen LogP contribution in [-0.2, 0) is 0 Å². The van der Waals surface area contributed by atoms with E-state index in [1.807, 2.05) is 6.92 Å². The number of nitrogens with zero attached hydrogens (tertiary/aromatic N) is 2. The second kappa shape index (κ2) is 5.72. The highest BCUT2D eigenvalue weighted by Gasteiger charge is 2.32. The second-order valence-corrected chi connectivity index (χ2v) is 5.85. The van der Waals surface area contributed by atoms with Crippen molar-refractivity contribution in [2.45, 2.75) is 52.5 Å². The summed E-state index contributed by atoms with van der Waals surface area (Å²) in [4.78, 5) is 8.13. The van der Waals surface area contributed by atoms with Crippen LogP contribution in [-0.4, -0.2) is 22.6 Å². The summed E-state index contributed by atoms with van der Waals surface area (Å²) in [5.74, 6) is 0.397. The van der Waals surface area contributed by atoms with Crippen molar-refractivity contribution in [1.82, 2.24) is 9.97 Å². The second-order valence-electron chi connectivity index (χ2n) is 5.85. The first-order chi connectivity index (χ1) is 9.03. The molecule has 0 bridgehead atoms. The van der Waals surface area contributed by atoms with E-state index in [2.05, 4.69) is 34.4 Å². The summed E-state index contributed by atoms with van der Waals surface area (Å²) >= 11 is 0. The number of rotatable bonds is 4. The maximum absolute atomic E-state index is 13.8. The van der Waals surface area contributed by atoms with Crippen molar-refractivity contribution in [1.29, 1.82) is 0 Å². The molecule has 0 radical (unpaired) electrons. The summed E-state index contributed by atoms with van der Waals surface area (Å²) in [6, 6.07) is 0.264. The maximum Gasteiger partial charge on any atom is 0.224 e. The number of hydrogen-bond acceptors (Lipinski definition) is 4. The van der Waals surface area contributed by atoms with Crippen LogP contribution in [0, 0.1) is 11.2 Å². The van der Waals surface area contributed by atoms with Gasteiger partial charge in [-0.3, -0.25) is 0 Å². The number of hydrogen-bond donors (Lipinski definition) is 2. The molecule has 1 unspecified atom stereocenters. The highest BCUT2D eigenvalue weighted by Crippen LogP contribution is 2.37. The van der Waals surface area contributed by atoms with Crippen molar-refractivity contribution in [2.75, 3.05) is 17.2 Å². The van der Waals surface area contributed by atoms with Crippen molar-refractivity contribution in [3.8, 4) is 0 Å². The molecule has 1 heterocycles. The lowest BCUT2D eigenvalue weighted by atomic mass is 9.73. The molecular formula is C14H23FN4. The maximum atomic E-state index is 13.8. The van der Waals surface area contributed by atoms with Gasteiger partial charge in [-0.15, -0.1) is 0 Å². The van der Waals surface area contributed by atoms with Gasteiger partial charge in [0, 0.05) is 12.6 Å². The smallest absolute Gasteiger partial charge is 0.224 e. The average Bonchev–Trinajstić information content (AvgIpc) is 2.36. The zero-order valence-corrected chi connectivity index (χ0v) is 12.0. The SMILES string of the molecule is CCNc1ncc(F)c(NC2CCCCC2(C)C)n1. The standard InChI is InChI=1S/C14H23FN4/c1-4-16-13-17-9-10(15)12(19-13)18-11-7-5-6-8-14(11,2)3/h9,11H,4-8H2,1-3H3,(H2,16,17,18,19). The van der Waals surface area contributed by atoms with E-state index in [0.29, 0.717) is 11.8 Å². The summed E-state index contributed by atoms with van der Waals surface area (Å²) in [7, 11) is 0. The van der Waals surface area contributed by atoms with Crippen molar-refractivity contribution >= 4 is 11.8 Å². The van der Waals surface area contributed by atoms with E-state index in [9.17, 15) is 4.39 Å². The Labute approximate surface area is 114 Å². The van der Waals surface area contributed by atoms with Crippen LogP contribution in [0.5, 0.6) is 0 Å². The van der Waals surface area contributed by atoms with E-state index in [1.165, 1.54) is 19.0 Å². The molecule has 0 spiro atoms. The summed E-state index contributed by atoms with van der Waals surface area (Å²) in [5.41, 5.74) is 0.175. The first-order valence-electron chi connectivity index (χ1n) is 7.06. The lowest BCUT2D eigenvalue weighted by Gasteiger charge is -2.39. The number of nitrogens with one attached hydrogen (secondary N) is 2. The minimum Gasteiger partial charge on any atom is -0.364 e. The molecule has 1 aliphatic carbocycles. The van der Waals surface area contributed by atoms with Crippen molar-refractivity contribution < 1.29 is 4.39 Å². The predicted molar refractivity (Wildman–Crippen MR) is 75.8 cm³/mol. The Bertz CT molecular complexity index is 433. The quantitative estimate of drug-likeness (QED) is 0.876. The van der Waals surface area contributed by atoms with Gasteiger partial charge in [-0.1, -0.05) is 26.7 Å². The zero-order chi connectivity index (χ0) is 13.9. The molecule has 1 aromatic rings. The third-order valence-electron chi connectivity index (χ3n) is 3.90. The average molecular weight is 266 g/mol. The van der Waals surface area contributed by atoms with Gasteiger partial charge < -0.3 is 10.6 Å². The van der Waals surface area contributed by atoms with Gasteiger partial charge in [-0.05, 0) is 25.2 Å². The highest BCUT2D eigenvalue weighted by atomic mass is 19.1. The van der Waals surface area contributed by atoms with Crippen LogP contribution in [0.15, 0.2) is 6.20 Å². The lowest BCUT2D eigenvalue weighted by Crippen LogP contribution is -2.39. The molecule has 0 saturated heterocycles. The molecule has 1 fully saturated rings. The molecule has 5 heteroatoms. The summed E-state index contributed by atoms with van der Waals surface area (Å²) < 4.78 is 13.8. The van der Waals surface area contributed by atoms with Gasteiger partial charge in [0.2, 0.25) is 5.95 Å². The fraction of sp³-hybridized carbons (Fsp3) is 0.714. The molecule has 4 nitrogen and oxygen atoms in total. The van der Waals surface area contributed by atoms with Crippen LogP contribution >= 0.6 is 0 Å². The van der Waals surface area contributed by atoms with Crippen molar-refractivity contribution in [3.05, 3.63) is 12.0 Å². The Kier molecular flexibility index (Phi) is 4.22. The van der Waals surface area contributed by atoms with Crippen LogP contribution in [0.1, 0.15) is 46.5 Å². The predicted octanol–water partition coefficient (Wildman–Crippen LogP) is 3.43. The minimum atomic E-state index is -0.386. The molecule has 1 saturated carbocycles. The Morgan fingerprint density at radius 2 is 2.21 bits per heavy atom. The van der Waals surface area contributed by atoms with E-state index in [-0.39, 0.29) is 17.3 Å². The molecule has 0 amide bonds. The third kappa shape index (κ3) is 3.33. The fourth-order valence-corrected chi connectivity index (χ4v) is 2.64. The molecule has 0 aliphatic heterocycles. The molecule has 2 N–H and O–H groups in total. The minimum absolute atomic E-state index is 0.175. The van der Waals surface area contributed by atoms with Gasteiger partial charge in [0.1, 0.15) is 0 Å². The van der Waals surface area contributed by atoms with Crippen LogP contribution in [0.4, 0.5) is 16.2 Å². The molecule has 2 rings (SSSR count). The number of aromatic nitrogens is 2. The van der Waals surface area contributed by atoms with Gasteiger partial charge in [0.05, 0.1) is 6.20 Å².